The quantitative estimate of drug-likeness (QED) is 0.864. The molecule has 1 aliphatic carbocycles. The second-order valence-electron chi connectivity index (χ2n) is 5.58. The molecule has 94 valence electrons. The highest BCUT2D eigenvalue weighted by Crippen LogP contribution is 2.31. The normalized spacial score (nSPS) is 29.1. The van der Waals surface area contributed by atoms with Gasteiger partial charge in [0, 0.05) is 25.2 Å². The third-order valence-corrected chi connectivity index (χ3v) is 4.92. The smallest absolute Gasteiger partial charge is 0.0245 e. The zero-order valence-electron chi connectivity index (χ0n) is 10.6. The average molecular weight is 250 g/mol. The van der Waals surface area contributed by atoms with E-state index in [9.17, 15) is 0 Å². The van der Waals surface area contributed by atoms with Crippen LogP contribution in [0.25, 0.3) is 0 Å². The number of hydrogen-bond acceptors (Lipinski definition) is 3. The Labute approximate surface area is 108 Å². The van der Waals surface area contributed by atoms with Crippen LogP contribution in [-0.2, 0) is 6.54 Å². The van der Waals surface area contributed by atoms with E-state index in [1.807, 2.05) is 11.3 Å². The Bertz CT molecular complexity index is 345. The van der Waals surface area contributed by atoms with Crippen molar-refractivity contribution in [2.45, 2.75) is 44.8 Å². The van der Waals surface area contributed by atoms with E-state index < -0.39 is 0 Å². The first-order chi connectivity index (χ1) is 8.33. The van der Waals surface area contributed by atoms with E-state index in [4.69, 9.17) is 0 Å². The second-order valence-corrected chi connectivity index (χ2v) is 6.36. The molecule has 1 aromatic heterocycles. The van der Waals surface area contributed by atoms with Crippen LogP contribution in [0.5, 0.6) is 0 Å². The molecule has 1 aromatic rings. The summed E-state index contributed by atoms with van der Waals surface area (Å²) in [5, 5.41) is 8.06. The second kappa shape index (κ2) is 5.09. The fourth-order valence-corrected chi connectivity index (χ4v) is 3.52. The summed E-state index contributed by atoms with van der Waals surface area (Å²) in [4.78, 5) is 2.72. The molecule has 1 aliphatic heterocycles. The molecule has 1 saturated heterocycles. The lowest BCUT2D eigenvalue weighted by Crippen LogP contribution is -2.35. The minimum absolute atomic E-state index is 0.707. The standard InChI is InChI=1S/C14H22N2S/c1-11-13(4-6-15-11)9-16(14-2-3-14)8-12-5-7-17-10-12/h5,7,10-11,13-15H,2-4,6,8-9H2,1H3. The zero-order valence-corrected chi connectivity index (χ0v) is 11.4. The molecule has 2 unspecified atom stereocenters. The minimum atomic E-state index is 0.707. The SMILES string of the molecule is CC1NCCC1CN(Cc1ccsc1)C1CC1. The lowest BCUT2D eigenvalue weighted by Gasteiger charge is -2.27. The highest BCUT2D eigenvalue weighted by molar-refractivity contribution is 7.07. The Kier molecular flexibility index (Phi) is 3.50. The molecular weight excluding hydrogens is 228 g/mol. The van der Waals surface area contributed by atoms with Crippen LogP contribution in [0.4, 0.5) is 0 Å². The molecule has 1 saturated carbocycles. The molecule has 1 N–H and O–H groups in total. The lowest BCUT2D eigenvalue weighted by atomic mass is 10.0. The van der Waals surface area contributed by atoms with Gasteiger partial charge in [-0.2, -0.15) is 11.3 Å². The van der Waals surface area contributed by atoms with Crippen molar-refractivity contribution >= 4 is 11.3 Å². The van der Waals surface area contributed by atoms with Gasteiger partial charge in [-0.25, -0.2) is 0 Å². The van der Waals surface area contributed by atoms with Gasteiger partial charge in [-0.1, -0.05) is 0 Å². The van der Waals surface area contributed by atoms with Crippen molar-refractivity contribution in [3.05, 3.63) is 22.4 Å². The van der Waals surface area contributed by atoms with Crippen LogP contribution in [0.15, 0.2) is 16.8 Å². The summed E-state index contributed by atoms with van der Waals surface area (Å²) in [5.41, 5.74) is 1.50. The van der Waals surface area contributed by atoms with Gasteiger partial charge >= 0.3 is 0 Å². The summed E-state index contributed by atoms with van der Waals surface area (Å²) in [6.45, 7) is 6.00. The van der Waals surface area contributed by atoms with E-state index in [-0.39, 0.29) is 0 Å². The maximum absolute atomic E-state index is 3.57. The van der Waals surface area contributed by atoms with Crippen LogP contribution in [-0.4, -0.2) is 30.1 Å². The van der Waals surface area contributed by atoms with Crippen LogP contribution in [0.3, 0.4) is 0 Å². The topological polar surface area (TPSA) is 15.3 Å². The molecule has 0 bridgehead atoms. The Morgan fingerprint density at radius 3 is 2.88 bits per heavy atom. The number of hydrogen-bond donors (Lipinski definition) is 1. The van der Waals surface area contributed by atoms with Crippen molar-refractivity contribution in [3.63, 3.8) is 0 Å². The number of rotatable bonds is 5. The third-order valence-electron chi connectivity index (χ3n) is 4.19. The number of nitrogens with zero attached hydrogens (tertiary/aromatic N) is 1. The maximum atomic E-state index is 3.57. The summed E-state index contributed by atoms with van der Waals surface area (Å²) in [7, 11) is 0. The minimum Gasteiger partial charge on any atom is -0.314 e. The molecule has 0 aromatic carbocycles. The average Bonchev–Trinajstić information content (AvgIpc) is 2.91. The van der Waals surface area contributed by atoms with Crippen molar-refractivity contribution < 1.29 is 0 Å². The van der Waals surface area contributed by atoms with E-state index in [0.717, 1.165) is 18.5 Å². The first-order valence-corrected chi connectivity index (χ1v) is 7.76. The largest absolute Gasteiger partial charge is 0.314 e. The summed E-state index contributed by atoms with van der Waals surface area (Å²) in [5.74, 6) is 0.856. The molecule has 2 atom stereocenters. The van der Waals surface area contributed by atoms with Gasteiger partial charge in [0.15, 0.2) is 0 Å². The van der Waals surface area contributed by atoms with Gasteiger partial charge < -0.3 is 5.32 Å². The monoisotopic (exact) mass is 250 g/mol. The highest BCUT2D eigenvalue weighted by Gasteiger charge is 2.33. The fourth-order valence-electron chi connectivity index (χ4n) is 2.86. The zero-order chi connectivity index (χ0) is 11.7. The van der Waals surface area contributed by atoms with Gasteiger partial charge in [0.1, 0.15) is 0 Å². The maximum Gasteiger partial charge on any atom is 0.0245 e. The molecule has 2 aliphatic rings. The molecular formula is C14H22N2S. The Morgan fingerprint density at radius 2 is 2.29 bits per heavy atom. The van der Waals surface area contributed by atoms with E-state index in [1.54, 1.807) is 0 Å². The predicted molar refractivity (Wildman–Crippen MR) is 73.3 cm³/mol. The van der Waals surface area contributed by atoms with Crippen molar-refractivity contribution in [2.75, 3.05) is 13.1 Å². The van der Waals surface area contributed by atoms with Crippen LogP contribution >= 0.6 is 11.3 Å². The summed E-state index contributed by atoms with van der Waals surface area (Å²) >= 11 is 1.82. The molecule has 2 fully saturated rings. The van der Waals surface area contributed by atoms with Gasteiger partial charge in [-0.15, -0.1) is 0 Å². The first-order valence-electron chi connectivity index (χ1n) is 6.81. The van der Waals surface area contributed by atoms with Crippen molar-refractivity contribution in [1.29, 1.82) is 0 Å². The van der Waals surface area contributed by atoms with E-state index >= 15 is 0 Å². The van der Waals surface area contributed by atoms with Gasteiger partial charge in [0.2, 0.25) is 0 Å². The molecule has 17 heavy (non-hydrogen) atoms. The van der Waals surface area contributed by atoms with Gasteiger partial charge in [0.25, 0.3) is 0 Å². The first kappa shape index (κ1) is 11.7. The van der Waals surface area contributed by atoms with Crippen LogP contribution < -0.4 is 5.32 Å². The van der Waals surface area contributed by atoms with Crippen molar-refractivity contribution in [1.82, 2.24) is 10.2 Å². The van der Waals surface area contributed by atoms with Crippen molar-refractivity contribution in [2.24, 2.45) is 5.92 Å². The van der Waals surface area contributed by atoms with Gasteiger partial charge in [0.05, 0.1) is 0 Å². The Balaban J connectivity index is 1.60. The summed E-state index contributed by atoms with van der Waals surface area (Å²) in [6.07, 6.45) is 4.19. The van der Waals surface area contributed by atoms with Crippen molar-refractivity contribution in [3.8, 4) is 0 Å². The van der Waals surface area contributed by atoms with Crippen LogP contribution in [0.2, 0.25) is 0 Å². The summed E-state index contributed by atoms with van der Waals surface area (Å²) < 4.78 is 0. The third kappa shape index (κ3) is 2.90. The van der Waals surface area contributed by atoms with Crippen LogP contribution in [0, 0.1) is 5.92 Å². The predicted octanol–water partition coefficient (Wildman–Crippen LogP) is 2.71. The Hall–Kier alpha value is -0.380. The molecule has 3 heteroatoms. The Morgan fingerprint density at radius 1 is 1.41 bits per heavy atom. The summed E-state index contributed by atoms with van der Waals surface area (Å²) in [6, 6.07) is 3.86. The van der Waals surface area contributed by atoms with E-state index in [1.165, 1.54) is 37.9 Å². The van der Waals surface area contributed by atoms with E-state index in [2.05, 4.69) is 34.0 Å². The highest BCUT2D eigenvalue weighted by atomic mass is 32.1. The van der Waals surface area contributed by atoms with Crippen LogP contribution in [0.1, 0.15) is 31.7 Å². The molecule has 0 amide bonds. The van der Waals surface area contributed by atoms with Gasteiger partial charge in [-0.3, -0.25) is 4.90 Å². The molecule has 2 heterocycles. The van der Waals surface area contributed by atoms with E-state index in [0.29, 0.717) is 6.04 Å². The van der Waals surface area contributed by atoms with Gasteiger partial charge in [-0.05, 0) is 61.0 Å². The number of nitrogens with one attached hydrogen (secondary N) is 1. The molecule has 0 spiro atoms. The number of thiophene rings is 1. The molecule has 2 nitrogen and oxygen atoms in total. The fraction of sp³-hybridized carbons (Fsp3) is 0.714. The lowest BCUT2D eigenvalue weighted by molar-refractivity contribution is 0.206. The molecule has 3 rings (SSSR count). The molecule has 0 radical (unpaired) electrons.